The predicted octanol–water partition coefficient (Wildman–Crippen LogP) is 5.31. The summed E-state index contributed by atoms with van der Waals surface area (Å²) in [6, 6.07) is 11.7. The number of likely N-dealkylation sites (tertiary alicyclic amines) is 1. The van der Waals surface area contributed by atoms with E-state index in [-0.39, 0.29) is 17.6 Å². The van der Waals surface area contributed by atoms with Crippen LogP contribution in [0.2, 0.25) is 0 Å². The average Bonchev–Trinajstić information content (AvgIpc) is 3.39. The van der Waals surface area contributed by atoms with Crippen molar-refractivity contribution in [3.8, 4) is 5.75 Å². The monoisotopic (exact) mass is 480 g/mol. The molecule has 34 heavy (non-hydrogen) atoms. The maximum absolute atomic E-state index is 12.2. The molecule has 1 aliphatic heterocycles. The smallest absolute Gasteiger partial charge is 0.308 e. The molecule has 180 valence electrons. The Morgan fingerprint density at radius 2 is 2.12 bits per heavy atom. The lowest BCUT2D eigenvalue weighted by molar-refractivity contribution is -0.146. The molecular formula is C27H32N2O4S. The molecule has 0 saturated carbocycles. The lowest BCUT2D eigenvalue weighted by Crippen LogP contribution is -2.44. The molecule has 0 amide bonds. The first-order chi connectivity index (χ1) is 16.5. The number of pyridine rings is 1. The van der Waals surface area contributed by atoms with E-state index in [4.69, 9.17) is 4.74 Å². The second-order valence-electron chi connectivity index (χ2n) is 9.04. The fourth-order valence-electron chi connectivity index (χ4n) is 5.00. The number of thiophene rings is 1. The molecule has 1 aliphatic rings. The first-order valence-corrected chi connectivity index (χ1v) is 12.9. The van der Waals surface area contributed by atoms with Crippen LogP contribution in [0.1, 0.15) is 47.3 Å². The highest BCUT2D eigenvalue weighted by Crippen LogP contribution is 2.30. The summed E-state index contributed by atoms with van der Waals surface area (Å²) in [5, 5.41) is 12.9. The van der Waals surface area contributed by atoms with Gasteiger partial charge in [0.15, 0.2) is 5.78 Å². The van der Waals surface area contributed by atoms with E-state index in [2.05, 4.69) is 16.0 Å². The number of hydrogen-bond donors (Lipinski definition) is 1. The number of ketones is 1. The number of methoxy groups -OCH3 is 1. The quantitative estimate of drug-likeness (QED) is 0.375. The molecule has 3 heterocycles. The highest BCUT2D eigenvalue weighted by atomic mass is 32.1. The number of ether oxygens (including phenoxy) is 1. The molecule has 2 atom stereocenters. The zero-order chi connectivity index (χ0) is 23.9. The summed E-state index contributed by atoms with van der Waals surface area (Å²) in [6.07, 6.45) is 6.75. The topological polar surface area (TPSA) is 79.7 Å². The molecule has 0 bridgehead atoms. The molecule has 1 aromatic carbocycles. The van der Waals surface area contributed by atoms with E-state index in [1.54, 1.807) is 7.11 Å². The molecule has 0 spiro atoms. The number of fused-ring (bicyclic) bond motifs is 1. The first kappa shape index (κ1) is 24.4. The van der Waals surface area contributed by atoms with E-state index in [9.17, 15) is 14.7 Å². The van der Waals surface area contributed by atoms with Gasteiger partial charge in [0.2, 0.25) is 0 Å². The fraction of sp³-hybridized carbons (Fsp3) is 0.444. The van der Waals surface area contributed by atoms with E-state index >= 15 is 0 Å². The first-order valence-electron chi connectivity index (χ1n) is 12.0. The Morgan fingerprint density at radius 3 is 2.88 bits per heavy atom. The zero-order valence-electron chi connectivity index (χ0n) is 19.6. The Morgan fingerprint density at radius 1 is 1.24 bits per heavy atom. The summed E-state index contributed by atoms with van der Waals surface area (Å²) < 4.78 is 5.37. The van der Waals surface area contributed by atoms with Crippen LogP contribution in [0.15, 0.2) is 48.0 Å². The molecule has 0 unspecified atom stereocenters. The Kier molecular flexibility index (Phi) is 8.29. The molecule has 1 N–H and O–H groups in total. The summed E-state index contributed by atoms with van der Waals surface area (Å²) in [7, 11) is 1.66. The van der Waals surface area contributed by atoms with Crippen LogP contribution < -0.4 is 4.74 Å². The van der Waals surface area contributed by atoms with Crippen LogP contribution in [0.4, 0.5) is 0 Å². The third-order valence-corrected chi connectivity index (χ3v) is 7.80. The number of aryl methyl sites for hydroxylation is 1. The van der Waals surface area contributed by atoms with Gasteiger partial charge in [-0.3, -0.25) is 14.6 Å². The van der Waals surface area contributed by atoms with Gasteiger partial charge < -0.3 is 14.7 Å². The highest BCUT2D eigenvalue weighted by molar-refractivity contribution is 7.12. The standard InChI is InChI=1S/C27H32N2O4S/c1-33-21-9-10-24-22(17-21)19(11-13-28-24)5-2-6-20-12-15-29(18-23(20)27(31)32)14-3-7-25(30)26-8-4-16-34-26/h4,8-11,13,16-17,20,23H,2-3,5-7,12,14-15,18H2,1H3,(H,31,32)/t20-,23+/m1/s1. The van der Waals surface area contributed by atoms with Gasteiger partial charge in [-0.05, 0) is 92.4 Å². The minimum absolute atomic E-state index is 0.181. The summed E-state index contributed by atoms with van der Waals surface area (Å²) in [4.78, 5) is 31.7. The van der Waals surface area contributed by atoms with Crippen LogP contribution in [0.25, 0.3) is 10.9 Å². The molecule has 1 fully saturated rings. The van der Waals surface area contributed by atoms with Crippen molar-refractivity contribution >= 4 is 34.0 Å². The van der Waals surface area contributed by atoms with Crippen molar-refractivity contribution in [2.24, 2.45) is 11.8 Å². The van der Waals surface area contributed by atoms with Crippen LogP contribution in [-0.4, -0.2) is 53.5 Å². The van der Waals surface area contributed by atoms with Gasteiger partial charge in [-0.2, -0.15) is 0 Å². The zero-order valence-corrected chi connectivity index (χ0v) is 20.4. The van der Waals surface area contributed by atoms with E-state index in [1.807, 2.05) is 41.9 Å². The highest BCUT2D eigenvalue weighted by Gasteiger charge is 2.33. The third kappa shape index (κ3) is 6.02. The van der Waals surface area contributed by atoms with Gasteiger partial charge in [-0.15, -0.1) is 11.3 Å². The number of piperidine rings is 1. The van der Waals surface area contributed by atoms with Crippen molar-refractivity contribution in [1.29, 1.82) is 0 Å². The summed E-state index contributed by atoms with van der Waals surface area (Å²) in [5.41, 5.74) is 2.18. The number of hydrogen-bond acceptors (Lipinski definition) is 6. The largest absolute Gasteiger partial charge is 0.497 e. The van der Waals surface area contributed by atoms with Gasteiger partial charge in [0.05, 0.1) is 23.4 Å². The van der Waals surface area contributed by atoms with Gasteiger partial charge in [-0.1, -0.05) is 6.07 Å². The summed E-state index contributed by atoms with van der Waals surface area (Å²) in [5.74, 6) is 0.127. The third-order valence-electron chi connectivity index (χ3n) is 6.89. The van der Waals surface area contributed by atoms with Crippen molar-refractivity contribution in [3.63, 3.8) is 0 Å². The van der Waals surface area contributed by atoms with E-state index < -0.39 is 5.97 Å². The van der Waals surface area contributed by atoms with E-state index in [1.165, 1.54) is 16.9 Å². The Hall–Kier alpha value is -2.77. The fourth-order valence-corrected chi connectivity index (χ4v) is 5.70. The molecule has 2 aromatic heterocycles. The number of carbonyl (C=O) groups is 2. The maximum Gasteiger partial charge on any atom is 0.308 e. The number of Topliss-reactive ketones (excluding diaryl/α,β-unsaturated/α-hetero) is 1. The number of carboxylic acids is 1. The van der Waals surface area contributed by atoms with Crippen molar-refractivity contribution in [1.82, 2.24) is 9.88 Å². The maximum atomic E-state index is 12.2. The number of aliphatic carboxylic acids is 1. The number of rotatable bonds is 11. The molecule has 4 rings (SSSR count). The molecule has 6 nitrogen and oxygen atoms in total. The minimum atomic E-state index is -0.705. The molecule has 1 saturated heterocycles. The Labute approximate surface area is 204 Å². The van der Waals surface area contributed by atoms with Gasteiger partial charge in [0, 0.05) is 24.5 Å². The van der Waals surface area contributed by atoms with Gasteiger partial charge in [-0.25, -0.2) is 0 Å². The van der Waals surface area contributed by atoms with Crippen molar-refractivity contribution in [2.45, 2.75) is 38.5 Å². The average molecular weight is 481 g/mol. The van der Waals surface area contributed by atoms with Gasteiger partial charge in [0.1, 0.15) is 5.75 Å². The van der Waals surface area contributed by atoms with Crippen molar-refractivity contribution < 1.29 is 19.4 Å². The Balaban J connectivity index is 1.28. The van der Waals surface area contributed by atoms with Crippen molar-refractivity contribution in [3.05, 3.63) is 58.4 Å². The van der Waals surface area contributed by atoms with Crippen LogP contribution in [-0.2, 0) is 11.2 Å². The molecule has 3 aromatic rings. The lowest BCUT2D eigenvalue weighted by atomic mass is 9.81. The number of carboxylic acid groups (broad SMARTS) is 1. The summed E-state index contributed by atoms with van der Waals surface area (Å²) in [6.45, 7) is 2.25. The number of benzene rings is 1. The molecule has 7 heteroatoms. The Bertz CT molecular complexity index is 1120. The number of nitrogens with zero attached hydrogens (tertiary/aromatic N) is 2. The van der Waals surface area contributed by atoms with Crippen LogP contribution in [0.5, 0.6) is 5.75 Å². The predicted molar refractivity (Wildman–Crippen MR) is 135 cm³/mol. The van der Waals surface area contributed by atoms with Crippen LogP contribution in [0.3, 0.4) is 0 Å². The van der Waals surface area contributed by atoms with Crippen LogP contribution >= 0.6 is 11.3 Å². The minimum Gasteiger partial charge on any atom is -0.497 e. The number of carbonyl (C=O) groups excluding carboxylic acids is 1. The molecule has 0 aliphatic carbocycles. The summed E-state index contributed by atoms with van der Waals surface area (Å²) >= 11 is 1.48. The number of aromatic nitrogens is 1. The van der Waals surface area contributed by atoms with Crippen molar-refractivity contribution in [2.75, 3.05) is 26.7 Å². The lowest BCUT2D eigenvalue weighted by Gasteiger charge is -2.36. The SMILES string of the molecule is COc1ccc2nccc(CCC[C@@H]3CCN(CCCC(=O)c4cccs4)C[C@@H]3C(=O)O)c2c1. The molecular weight excluding hydrogens is 448 g/mol. The molecule has 0 radical (unpaired) electrons. The van der Waals surface area contributed by atoms with E-state index in [0.717, 1.165) is 66.7 Å². The second kappa shape index (κ2) is 11.6. The van der Waals surface area contributed by atoms with Crippen LogP contribution in [0, 0.1) is 11.8 Å². The van der Waals surface area contributed by atoms with E-state index in [0.29, 0.717) is 13.0 Å². The normalized spacial score (nSPS) is 18.7. The van der Waals surface area contributed by atoms with Gasteiger partial charge in [0.25, 0.3) is 0 Å². The van der Waals surface area contributed by atoms with Gasteiger partial charge >= 0.3 is 5.97 Å². The second-order valence-corrected chi connectivity index (χ2v) is 9.99.